The Bertz CT molecular complexity index is 637. The van der Waals surface area contributed by atoms with Crippen molar-refractivity contribution in [1.82, 2.24) is 0 Å². The molecule has 0 aliphatic heterocycles. The number of nitrogens with one attached hydrogen (secondary N) is 1. The second kappa shape index (κ2) is 6.30. The molecule has 4 nitrogen and oxygen atoms in total. The van der Waals surface area contributed by atoms with Crippen LogP contribution < -0.4 is 11.1 Å². The van der Waals surface area contributed by atoms with Gasteiger partial charge in [0.05, 0.1) is 6.04 Å². The molecule has 1 amide bonds. The first-order valence-electron chi connectivity index (χ1n) is 6.67. The quantitative estimate of drug-likeness (QED) is 0.876. The Morgan fingerprint density at radius 2 is 1.85 bits per heavy atom. The van der Waals surface area contributed by atoms with Crippen molar-refractivity contribution in [2.24, 2.45) is 5.73 Å². The number of hydrogen-bond donors (Lipinski definition) is 2. The van der Waals surface area contributed by atoms with E-state index in [-0.39, 0.29) is 18.1 Å². The average Bonchev–Trinajstić information content (AvgIpc) is 2.46. The molecule has 2 rings (SSSR count). The number of fused-ring (bicyclic) bond motifs is 1. The van der Waals surface area contributed by atoms with Crippen molar-refractivity contribution >= 4 is 28.2 Å². The summed E-state index contributed by atoms with van der Waals surface area (Å²) < 4.78 is 0. The van der Waals surface area contributed by atoms with Crippen molar-refractivity contribution in [2.75, 3.05) is 5.32 Å². The summed E-state index contributed by atoms with van der Waals surface area (Å²) in [7, 11) is 0. The Morgan fingerprint density at radius 1 is 1.15 bits per heavy atom. The zero-order valence-electron chi connectivity index (χ0n) is 11.4. The van der Waals surface area contributed by atoms with Crippen LogP contribution in [-0.4, -0.2) is 17.7 Å². The van der Waals surface area contributed by atoms with Crippen LogP contribution in [0, 0.1) is 0 Å². The highest BCUT2D eigenvalue weighted by Gasteiger charge is 2.15. The van der Waals surface area contributed by atoms with E-state index >= 15 is 0 Å². The maximum absolute atomic E-state index is 11.8. The number of hydrogen-bond acceptors (Lipinski definition) is 3. The number of Topliss-reactive ketones (excluding diaryl/α,β-unsaturated/α-hetero) is 1. The summed E-state index contributed by atoms with van der Waals surface area (Å²) in [4.78, 5) is 23.2. The Balaban J connectivity index is 2.04. The molecule has 2 aromatic carbocycles. The van der Waals surface area contributed by atoms with Gasteiger partial charge in [0, 0.05) is 18.5 Å². The van der Waals surface area contributed by atoms with Crippen LogP contribution in [0.25, 0.3) is 10.8 Å². The van der Waals surface area contributed by atoms with E-state index in [0.717, 1.165) is 10.8 Å². The lowest BCUT2D eigenvalue weighted by Crippen LogP contribution is -2.34. The van der Waals surface area contributed by atoms with Crippen LogP contribution in [-0.2, 0) is 9.59 Å². The van der Waals surface area contributed by atoms with E-state index in [4.69, 9.17) is 5.73 Å². The molecule has 0 saturated heterocycles. The van der Waals surface area contributed by atoms with Gasteiger partial charge in [0.2, 0.25) is 5.91 Å². The first-order valence-corrected chi connectivity index (χ1v) is 6.67. The molecule has 4 heteroatoms. The summed E-state index contributed by atoms with van der Waals surface area (Å²) in [5.41, 5.74) is 6.38. The van der Waals surface area contributed by atoms with Gasteiger partial charge >= 0.3 is 0 Å². The highest BCUT2D eigenvalue weighted by molar-refractivity contribution is 5.97. The normalized spacial score (nSPS) is 12.1. The number of nitrogens with two attached hydrogens (primary N) is 1. The average molecular weight is 270 g/mol. The number of carbonyl (C=O) groups excluding carboxylic acids is 2. The molecule has 104 valence electrons. The third-order valence-corrected chi connectivity index (χ3v) is 3.20. The number of rotatable bonds is 5. The van der Waals surface area contributed by atoms with Crippen LogP contribution in [0.5, 0.6) is 0 Å². The van der Waals surface area contributed by atoms with Crippen molar-refractivity contribution in [3.05, 3.63) is 42.5 Å². The second-order valence-corrected chi connectivity index (χ2v) is 4.74. The summed E-state index contributed by atoms with van der Waals surface area (Å²) in [5, 5.41) is 4.94. The zero-order chi connectivity index (χ0) is 14.5. The van der Waals surface area contributed by atoms with Gasteiger partial charge in [0.25, 0.3) is 0 Å². The van der Waals surface area contributed by atoms with Crippen LogP contribution >= 0.6 is 0 Å². The first kappa shape index (κ1) is 14.2. The van der Waals surface area contributed by atoms with E-state index < -0.39 is 6.04 Å². The molecular formula is C16H18N2O2. The monoisotopic (exact) mass is 270 g/mol. The number of amides is 1. The fourth-order valence-electron chi connectivity index (χ4n) is 2.05. The van der Waals surface area contributed by atoms with Crippen LogP contribution in [0.3, 0.4) is 0 Å². The van der Waals surface area contributed by atoms with Crippen LogP contribution in [0.4, 0.5) is 5.69 Å². The number of ketones is 1. The van der Waals surface area contributed by atoms with Gasteiger partial charge in [-0.05, 0) is 22.9 Å². The van der Waals surface area contributed by atoms with Gasteiger partial charge in [-0.3, -0.25) is 9.59 Å². The molecule has 0 aliphatic rings. The van der Waals surface area contributed by atoms with E-state index in [2.05, 4.69) is 5.32 Å². The van der Waals surface area contributed by atoms with Crippen LogP contribution in [0.2, 0.25) is 0 Å². The Labute approximate surface area is 118 Å². The van der Waals surface area contributed by atoms with Gasteiger partial charge in [0.15, 0.2) is 0 Å². The molecule has 0 fully saturated rings. The van der Waals surface area contributed by atoms with Crippen molar-refractivity contribution in [2.45, 2.75) is 25.8 Å². The minimum absolute atomic E-state index is 0.0134. The highest BCUT2D eigenvalue weighted by Crippen LogP contribution is 2.19. The molecule has 0 heterocycles. The molecule has 0 saturated carbocycles. The maximum Gasteiger partial charge on any atom is 0.226 e. The minimum atomic E-state index is -0.722. The lowest BCUT2D eigenvalue weighted by molar-refractivity contribution is -0.124. The van der Waals surface area contributed by atoms with E-state index in [1.807, 2.05) is 42.5 Å². The predicted octanol–water partition coefficient (Wildman–Crippen LogP) is 2.47. The van der Waals surface area contributed by atoms with E-state index in [9.17, 15) is 9.59 Å². The summed E-state index contributed by atoms with van der Waals surface area (Å²) in [6.07, 6.45) is 0.365. The summed E-state index contributed by atoms with van der Waals surface area (Å²) in [6, 6.07) is 12.9. The first-order chi connectivity index (χ1) is 9.60. The van der Waals surface area contributed by atoms with Crippen LogP contribution in [0.1, 0.15) is 19.8 Å². The van der Waals surface area contributed by atoms with Crippen molar-refractivity contribution < 1.29 is 9.59 Å². The molecular weight excluding hydrogens is 252 g/mol. The SMILES string of the molecule is CCC(=O)C(N)CC(=O)Nc1ccc2ccccc2c1. The minimum Gasteiger partial charge on any atom is -0.326 e. The fourth-order valence-corrected chi connectivity index (χ4v) is 2.05. The largest absolute Gasteiger partial charge is 0.326 e. The molecule has 1 atom stereocenters. The summed E-state index contributed by atoms with van der Waals surface area (Å²) in [5.74, 6) is -0.340. The van der Waals surface area contributed by atoms with Gasteiger partial charge < -0.3 is 11.1 Å². The molecule has 0 aliphatic carbocycles. The van der Waals surface area contributed by atoms with Crippen molar-refractivity contribution in [3.8, 4) is 0 Å². The van der Waals surface area contributed by atoms with E-state index in [0.29, 0.717) is 12.1 Å². The molecule has 1 unspecified atom stereocenters. The molecule has 20 heavy (non-hydrogen) atoms. The van der Waals surface area contributed by atoms with E-state index in [1.165, 1.54) is 0 Å². The lowest BCUT2D eigenvalue weighted by Gasteiger charge is -2.10. The Hall–Kier alpha value is -2.20. The van der Waals surface area contributed by atoms with Gasteiger partial charge in [0.1, 0.15) is 5.78 Å². The highest BCUT2D eigenvalue weighted by atomic mass is 16.2. The Morgan fingerprint density at radius 3 is 2.55 bits per heavy atom. The standard InChI is InChI=1S/C16H18N2O2/c1-2-15(19)14(17)10-16(20)18-13-8-7-11-5-3-4-6-12(11)9-13/h3-9,14H,2,10,17H2,1H3,(H,18,20). The lowest BCUT2D eigenvalue weighted by atomic mass is 10.1. The van der Waals surface area contributed by atoms with Crippen LogP contribution in [0.15, 0.2) is 42.5 Å². The van der Waals surface area contributed by atoms with Crippen molar-refractivity contribution in [3.63, 3.8) is 0 Å². The number of benzene rings is 2. The smallest absolute Gasteiger partial charge is 0.226 e. The number of anilines is 1. The topological polar surface area (TPSA) is 72.2 Å². The predicted molar refractivity (Wildman–Crippen MR) is 80.5 cm³/mol. The van der Waals surface area contributed by atoms with Crippen molar-refractivity contribution in [1.29, 1.82) is 0 Å². The molecule has 3 N–H and O–H groups in total. The molecule has 0 aromatic heterocycles. The number of carbonyl (C=O) groups is 2. The van der Waals surface area contributed by atoms with Gasteiger partial charge in [-0.25, -0.2) is 0 Å². The second-order valence-electron chi connectivity index (χ2n) is 4.74. The summed E-state index contributed by atoms with van der Waals surface area (Å²) >= 11 is 0. The van der Waals surface area contributed by atoms with E-state index in [1.54, 1.807) is 6.92 Å². The fraction of sp³-hybridized carbons (Fsp3) is 0.250. The zero-order valence-corrected chi connectivity index (χ0v) is 11.4. The Kier molecular flexibility index (Phi) is 4.48. The maximum atomic E-state index is 11.8. The third-order valence-electron chi connectivity index (χ3n) is 3.20. The molecule has 2 aromatic rings. The molecule has 0 bridgehead atoms. The summed E-state index contributed by atoms with van der Waals surface area (Å²) in [6.45, 7) is 1.74. The van der Waals surface area contributed by atoms with Gasteiger partial charge in [-0.15, -0.1) is 0 Å². The van der Waals surface area contributed by atoms with Gasteiger partial charge in [-0.1, -0.05) is 37.3 Å². The molecule has 0 radical (unpaired) electrons. The van der Waals surface area contributed by atoms with Gasteiger partial charge in [-0.2, -0.15) is 0 Å². The third kappa shape index (κ3) is 3.42. The molecule has 0 spiro atoms.